The lowest BCUT2D eigenvalue weighted by Gasteiger charge is -2.31. The van der Waals surface area contributed by atoms with Crippen LogP contribution in [0.25, 0.3) is 10.9 Å². The van der Waals surface area contributed by atoms with Crippen LogP contribution in [0.15, 0.2) is 42.0 Å². The molecular formula is C19H22N4OS. The van der Waals surface area contributed by atoms with E-state index < -0.39 is 0 Å². The summed E-state index contributed by atoms with van der Waals surface area (Å²) < 4.78 is 0. The van der Waals surface area contributed by atoms with Crippen LogP contribution < -0.4 is 5.32 Å². The summed E-state index contributed by atoms with van der Waals surface area (Å²) in [5.74, 6) is 0.298. The normalized spacial score (nSPS) is 16.3. The zero-order valence-corrected chi connectivity index (χ0v) is 14.9. The molecule has 0 bridgehead atoms. The molecule has 0 aliphatic carbocycles. The molecular weight excluding hydrogens is 332 g/mol. The average molecular weight is 354 g/mol. The molecule has 6 heteroatoms. The largest absolute Gasteiger partial charge is 0.361 e. The van der Waals surface area contributed by atoms with E-state index in [1.54, 1.807) is 17.5 Å². The number of hydrogen-bond donors (Lipinski definition) is 2. The highest BCUT2D eigenvalue weighted by molar-refractivity contribution is 7.09. The number of nitrogens with zero attached hydrogens (tertiary/aromatic N) is 2. The zero-order valence-electron chi connectivity index (χ0n) is 14.1. The van der Waals surface area contributed by atoms with E-state index >= 15 is 0 Å². The van der Waals surface area contributed by atoms with Crippen LogP contribution in [0.1, 0.15) is 23.4 Å². The lowest BCUT2D eigenvalue weighted by Crippen LogP contribution is -2.40. The molecule has 25 heavy (non-hydrogen) atoms. The van der Waals surface area contributed by atoms with Gasteiger partial charge in [0, 0.05) is 35.8 Å². The van der Waals surface area contributed by atoms with Gasteiger partial charge < -0.3 is 10.3 Å². The minimum Gasteiger partial charge on any atom is -0.361 e. The van der Waals surface area contributed by atoms with E-state index in [4.69, 9.17) is 0 Å². The molecule has 0 saturated carbocycles. The van der Waals surface area contributed by atoms with Gasteiger partial charge in [-0.3, -0.25) is 9.69 Å². The minimum atomic E-state index is 0.128. The summed E-state index contributed by atoms with van der Waals surface area (Å²) in [6.45, 7) is 3.45. The van der Waals surface area contributed by atoms with Gasteiger partial charge in [-0.05, 0) is 55.1 Å². The van der Waals surface area contributed by atoms with Crippen molar-refractivity contribution >= 4 is 28.1 Å². The van der Waals surface area contributed by atoms with Gasteiger partial charge in [0.1, 0.15) is 5.01 Å². The topological polar surface area (TPSA) is 61.0 Å². The van der Waals surface area contributed by atoms with E-state index in [1.165, 1.54) is 16.5 Å². The number of carbonyl (C=O) groups excluding carboxylic acids is 1. The van der Waals surface area contributed by atoms with E-state index in [1.807, 2.05) is 11.6 Å². The second-order valence-corrected chi connectivity index (χ2v) is 7.57. The molecule has 1 amide bonds. The molecule has 3 heterocycles. The Kier molecular flexibility index (Phi) is 4.81. The maximum atomic E-state index is 12.3. The van der Waals surface area contributed by atoms with Gasteiger partial charge in [-0.25, -0.2) is 4.98 Å². The van der Waals surface area contributed by atoms with Crippen molar-refractivity contribution in [3.8, 4) is 0 Å². The van der Waals surface area contributed by atoms with E-state index in [0.717, 1.165) is 37.5 Å². The van der Waals surface area contributed by atoms with Crippen molar-refractivity contribution in [1.29, 1.82) is 0 Å². The predicted molar refractivity (Wildman–Crippen MR) is 100 cm³/mol. The highest BCUT2D eigenvalue weighted by Crippen LogP contribution is 2.21. The van der Waals surface area contributed by atoms with Gasteiger partial charge in [0.05, 0.1) is 6.54 Å². The van der Waals surface area contributed by atoms with Crippen molar-refractivity contribution in [3.05, 3.63) is 52.6 Å². The molecule has 2 aromatic heterocycles. The van der Waals surface area contributed by atoms with Crippen LogP contribution in [0, 0.1) is 5.92 Å². The lowest BCUT2D eigenvalue weighted by molar-refractivity contribution is -0.126. The Balaban J connectivity index is 1.26. The number of hydrogen-bond acceptors (Lipinski definition) is 4. The first-order chi connectivity index (χ1) is 12.3. The van der Waals surface area contributed by atoms with Crippen LogP contribution in [-0.2, 0) is 17.9 Å². The summed E-state index contributed by atoms with van der Waals surface area (Å²) in [4.78, 5) is 22.2. The first kappa shape index (κ1) is 16.3. The first-order valence-corrected chi connectivity index (χ1v) is 9.60. The molecule has 0 atom stereocenters. The predicted octanol–water partition coefficient (Wildman–Crippen LogP) is 3.15. The smallest absolute Gasteiger partial charge is 0.223 e. The van der Waals surface area contributed by atoms with E-state index in [0.29, 0.717) is 6.54 Å². The fourth-order valence-electron chi connectivity index (χ4n) is 3.46. The van der Waals surface area contributed by atoms with Crippen LogP contribution >= 0.6 is 11.3 Å². The number of fused-ring (bicyclic) bond motifs is 1. The number of amides is 1. The standard InChI is InChI=1S/C19H22N4OS/c24-19(22-12-18-21-7-10-25-18)15-4-8-23(9-5-15)13-14-1-2-17-16(11-14)3-6-20-17/h1-3,6-7,10-11,15,20H,4-5,8-9,12-13H2,(H,22,24). The molecule has 4 rings (SSSR count). The summed E-state index contributed by atoms with van der Waals surface area (Å²) >= 11 is 1.58. The number of aromatic nitrogens is 2. The molecule has 0 unspecified atom stereocenters. The number of carbonyl (C=O) groups is 1. The van der Waals surface area contributed by atoms with Gasteiger partial charge in [0.25, 0.3) is 0 Å². The maximum absolute atomic E-state index is 12.3. The van der Waals surface area contributed by atoms with Gasteiger partial charge in [-0.1, -0.05) is 6.07 Å². The van der Waals surface area contributed by atoms with Crippen molar-refractivity contribution in [2.45, 2.75) is 25.9 Å². The average Bonchev–Trinajstić information content (AvgIpc) is 3.31. The van der Waals surface area contributed by atoms with E-state index in [-0.39, 0.29) is 11.8 Å². The maximum Gasteiger partial charge on any atom is 0.223 e. The second-order valence-electron chi connectivity index (χ2n) is 6.59. The van der Waals surface area contributed by atoms with Gasteiger partial charge in [0.15, 0.2) is 0 Å². The van der Waals surface area contributed by atoms with Crippen LogP contribution in [-0.4, -0.2) is 33.9 Å². The van der Waals surface area contributed by atoms with Crippen LogP contribution in [0.3, 0.4) is 0 Å². The Morgan fingerprint density at radius 1 is 1.32 bits per heavy atom. The van der Waals surface area contributed by atoms with Crippen molar-refractivity contribution in [2.75, 3.05) is 13.1 Å². The Bertz CT molecular complexity index is 834. The van der Waals surface area contributed by atoms with Crippen molar-refractivity contribution in [2.24, 2.45) is 5.92 Å². The quantitative estimate of drug-likeness (QED) is 0.740. The molecule has 1 saturated heterocycles. The Morgan fingerprint density at radius 2 is 2.20 bits per heavy atom. The molecule has 5 nitrogen and oxygen atoms in total. The lowest BCUT2D eigenvalue weighted by atomic mass is 9.95. The number of likely N-dealkylation sites (tertiary alicyclic amines) is 1. The second kappa shape index (κ2) is 7.37. The fourth-order valence-corrected chi connectivity index (χ4v) is 4.02. The molecule has 1 fully saturated rings. The van der Waals surface area contributed by atoms with Gasteiger partial charge in [-0.15, -0.1) is 11.3 Å². The zero-order chi connectivity index (χ0) is 17.1. The summed E-state index contributed by atoms with van der Waals surface area (Å²) in [6.07, 6.45) is 5.60. The Labute approximate surface area is 151 Å². The molecule has 0 radical (unpaired) electrons. The molecule has 130 valence electrons. The summed E-state index contributed by atoms with van der Waals surface area (Å²) in [6, 6.07) is 8.69. The first-order valence-electron chi connectivity index (χ1n) is 8.72. The number of thiazole rings is 1. The molecule has 0 spiro atoms. The molecule has 1 aliphatic rings. The van der Waals surface area contributed by atoms with Crippen LogP contribution in [0.5, 0.6) is 0 Å². The molecule has 1 aliphatic heterocycles. The van der Waals surface area contributed by atoms with Crippen molar-refractivity contribution < 1.29 is 4.79 Å². The van der Waals surface area contributed by atoms with Crippen molar-refractivity contribution in [3.63, 3.8) is 0 Å². The Morgan fingerprint density at radius 3 is 3.00 bits per heavy atom. The summed E-state index contributed by atoms with van der Waals surface area (Å²) in [7, 11) is 0. The highest BCUT2D eigenvalue weighted by Gasteiger charge is 2.24. The fraction of sp³-hybridized carbons (Fsp3) is 0.368. The molecule has 2 N–H and O–H groups in total. The number of aromatic amines is 1. The third kappa shape index (κ3) is 3.91. The number of piperidine rings is 1. The van der Waals surface area contributed by atoms with Gasteiger partial charge >= 0.3 is 0 Å². The monoisotopic (exact) mass is 354 g/mol. The molecule has 1 aromatic carbocycles. The summed E-state index contributed by atoms with van der Waals surface area (Å²) in [5, 5.41) is 7.18. The molecule has 3 aromatic rings. The number of rotatable bonds is 5. The van der Waals surface area contributed by atoms with Crippen LogP contribution in [0.4, 0.5) is 0 Å². The van der Waals surface area contributed by atoms with Crippen molar-refractivity contribution in [1.82, 2.24) is 20.2 Å². The number of benzene rings is 1. The minimum absolute atomic E-state index is 0.128. The number of H-pyrrole nitrogens is 1. The SMILES string of the molecule is O=C(NCc1nccs1)C1CCN(Cc2ccc3[nH]ccc3c2)CC1. The third-order valence-electron chi connectivity index (χ3n) is 4.88. The van der Waals surface area contributed by atoms with E-state index in [9.17, 15) is 4.79 Å². The van der Waals surface area contributed by atoms with Gasteiger partial charge in [0.2, 0.25) is 5.91 Å². The highest BCUT2D eigenvalue weighted by atomic mass is 32.1. The van der Waals surface area contributed by atoms with E-state index in [2.05, 4.69) is 44.5 Å². The van der Waals surface area contributed by atoms with Crippen LogP contribution in [0.2, 0.25) is 0 Å². The van der Waals surface area contributed by atoms with Gasteiger partial charge in [-0.2, -0.15) is 0 Å². The third-order valence-corrected chi connectivity index (χ3v) is 5.66. The number of nitrogens with one attached hydrogen (secondary N) is 2. The Hall–Kier alpha value is -2.18. The summed E-state index contributed by atoms with van der Waals surface area (Å²) in [5.41, 5.74) is 2.51.